The van der Waals surface area contributed by atoms with E-state index in [1.165, 1.54) is 6.33 Å². The van der Waals surface area contributed by atoms with Gasteiger partial charge in [-0.25, -0.2) is 9.97 Å². The van der Waals surface area contributed by atoms with E-state index >= 15 is 0 Å². The molecule has 0 radical (unpaired) electrons. The molecule has 0 bridgehead atoms. The van der Waals surface area contributed by atoms with Crippen LogP contribution in [-0.4, -0.2) is 32.6 Å². The van der Waals surface area contributed by atoms with Gasteiger partial charge in [-0.2, -0.15) is 0 Å². The number of hydrogen-bond donors (Lipinski definition) is 4. The van der Waals surface area contributed by atoms with Crippen LogP contribution in [0.5, 0.6) is 0 Å². The second kappa shape index (κ2) is 9.02. The number of nitrogens with zero attached hydrogens (tertiary/aromatic N) is 2. The van der Waals surface area contributed by atoms with Crippen molar-refractivity contribution in [2.45, 2.75) is 6.04 Å². The monoisotopic (exact) mass is 399 g/mol. The van der Waals surface area contributed by atoms with E-state index in [4.69, 9.17) is 0 Å². The minimum absolute atomic E-state index is 0.191. The van der Waals surface area contributed by atoms with Gasteiger partial charge in [-0.15, -0.1) is 0 Å². The fourth-order valence-corrected chi connectivity index (χ4v) is 3.08. The van der Waals surface area contributed by atoms with Gasteiger partial charge >= 0.3 is 0 Å². The van der Waals surface area contributed by atoms with Gasteiger partial charge in [-0.3, -0.25) is 4.79 Å². The molecule has 2 aromatic heterocycles. The van der Waals surface area contributed by atoms with Crippen LogP contribution >= 0.6 is 0 Å². The van der Waals surface area contributed by atoms with Gasteiger partial charge in [0.2, 0.25) is 0 Å². The predicted molar refractivity (Wildman–Crippen MR) is 115 cm³/mol. The molecule has 2 heterocycles. The van der Waals surface area contributed by atoms with Crippen molar-refractivity contribution >= 4 is 17.4 Å². The van der Waals surface area contributed by atoms with Gasteiger partial charge in [0.15, 0.2) is 0 Å². The molecule has 1 atom stereocenters. The molecule has 30 heavy (non-hydrogen) atoms. The predicted octanol–water partition coefficient (Wildman–Crippen LogP) is 3.68. The molecule has 1 amide bonds. The number of aliphatic hydroxyl groups is 1. The number of para-hydroxylation sites is 1. The Morgan fingerprint density at radius 3 is 2.47 bits per heavy atom. The van der Waals surface area contributed by atoms with E-state index in [1.807, 2.05) is 66.7 Å². The summed E-state index contributed by atoms with van der Waals surface area (Å²) < 4.78 is 0. The topological polar surface area (TPSA) is 103 Å². The van der Waals surface area contributed by atoms with Crippen molar-refractivity contribution in [2.24, 2.45) is 0 Å². The highest BCUT2D eigenvalue weighted by molar-refractivity contribution is 5.94. The van der Waals surface area contributed by atoms with Crippen molar-refractivity contribution in [3.63, 3.8) is 0 Å². The van der Waals surface area contributed by atoms with Gasteiger partial charge in [0.05, 0.1) is 18.3 Å². The molecule has 0 aliphatic heterocycles. The van der Waals surface area contributed by atoms with Gasteiger partial charge in [0.1, 0.15) is 17.8 Å². The van der Waals surface area contributed by atoms with E-state index in [2.05, 4.69) is 25.6 Å². The molecule has 4 aromatic rings. The number of aliphatic hydroxyl groups excluding tert-OH is 1. The molecule has 150 valence electrons. The zero-order valence-corrected chi connectivity index (χ0v) is 16.1. The van der Waals surface area contributed by atoms with Crippen molar-refractivity contribution in [3.05, 3.63) is 96.6 Å². The van der Waals surface area contributed by atoms with Crippen LogP contribution < -0.4 is 10.6 Å². The van der Waals surface area contributed by atoms with Crippen molar-refractivity contribution in [1.29, 1.82) is 0 Å². The van der Waals surface area contributed by atoms with Crippen LogP contribution in [0.1, 0.15) is 22.1 Å². The molecule has 4 N–H and O–H groups in total. The highest BCUT2D eigenvalue weighted by Gasteiger charge is 2.16. The third kappa shape index (κ3) is 4.53. The number of benzene rings is 2. The van der Waals surface area contributed by atoms with Gasteiger partial charge < -0.3 is 20.7 Å². The Balaban J connectivity index is 1.48. The van der Waals surface area contributed by atoms with Crippen molar-refractivity contribution in [1.82, 2.24) is 20.3 Å². The van der Waals surface area contributed by atoms with E-state index in [1.54, 1.807) is 12.3 Å². The zero-order valence-electron chi connectivity index (χ0n) is 16.1. The summed E-state index contributed by atoms with van der Waals surface area (Å²) in [6, 6.07) is 22.1. The van der Waals surface area contributed by atoms with E-state index in [-0.39, 0.29) is 12.5 Å². The van der Waals surface area contributed by atoms with Crippen molar-refractivity contribution in [3.8, 4) is 11.3 Å². The number of rotatable bonds is 7. The summed E-state index contributed by atoms with van der Waals surface area (Å²) in [4.78, 5) is 24.2. The van der Waals surface area contributed by atoms with Crippen LogP contribution in [0.25, 0.3) is 11.3 Å². The van der Waals surface area contributed by atoms with Crippen LogP contribution in [0.3, 0.4) is 0 Å². The minimum Gasteiger partial charge on any atom is -0.394 e. The van der Waals surface area contributed by atoms with E-state index in [9.17, 15) is 9.90 Å². The summed E-state index contributed by atoms with van der Waals surface area (Å²) in [5.74, 6) is 0.351. The summed E-state index contributed by atoms with van der Waals surface area (Å²) in [7, 11) is 0. The number of amides is 1. The number of nitrogens with one attached hydrogen (secondary N) is 3. The number of aromatic nitrogens is 3. The maximum absolute atomic E-state index is 12.6. The quantitative estimate of drug-likeness (QED) is 0.380. The Kier molecular flexibility index (Phi) is 5.82. The van der Waals surface area contributed by atoms with E-state index in [0.717, 1.165) is 16.8 Å². The summed E-state index contributed by atoms with van der Waals surface area (Å²) in [5.41, 5.74) is 3.59. The first-order chi connectivity index (χ1) is 14.7. The summed E-state index contributed by atoms with van der Waals surface area (Å²) in [5, 5.41) is 15.7. The largest absolute Gasteiger partial charge is 0.394 e. The number of H-pyrrole nitrogens is 1. The third-order valence-corrected chi connectivity index (χ3v) is 4.63. The molecule has 0 saturated carbocycles. The fraction of sp³-hybridized carbons (Fsp3) is 0.0870. The van der Waals surface area contributed by atoms with Crippen LogP contribution in [0.2, 0.25) is 0 Å². The van der Waals surface area contributed by atoms with Crippen molar-refractivity contribution < 1.29 is 9.90 Å². The normalized spacial score (nSPS) is 11.6. The lowest BCUT2D eigenvalue weighted by molar-refractivity contribution is 0.0912. The lowest BCUT2D eigenvalue weighted by Crippen LogP contribution is -2.30. The molecule has 4 rings (SSSR count). The molecule has 0 aliphatic carbocycles. The lowest BCUT2D eigenvalue weighted by Gasteiger charge is -2.16. The number of aromatic amines is 1. The average Bonchev–Trinajstić information content (AvgIpc) is 3.29. The number of anilines is 2. The Bertz CT molecular complexity index is 1110. The average molecular weight is 399 g/mol. The van der Waals surface area contributed by atoms with Crippen LogP contribution in [0.4, 0.5) is 11.5 Å². The molecule has 0 fully saturated rings. The molecule has 7 heteroatoms. The first kappa shape index (κ1) is 19.4. The van der Waals surface area contributed by atoms with Crippen LogP contribution in [0.15, 0.2) is 85.3 Å². The number of carbonyl (C=O) groups is 1. The summed E-state index contributed by atoms with van der Waals surface area (Å²) in [6.45, 7) is -0.191. The smallest absolute Gasteiger partial charge is 0.268 e. The fourth-order valence-electron chi connectivity index (χ4n) is 3.08. The number of carbonyl (C=O) groups excluding carboxylic acids is 1. The standard InChI is InChI=1S/C23H21N5O2/c29-14-21(16-7-3-1-4-8-16)28-23(30)20-11-17(13-24-20)19-12-22(26-15-25-19)27-18-9-5-2-6-10-18/h1-13,15,21,24,29H,14H2,(H,28,30)(H,25,26,27)/t21-/m0/s1. The minimum atomic E-state index is -0.480. The molecule has 7 nitrogen and oxygen atoms in total. The second-order valence-electron chi connectivity index (χ2n) is 6.70. The van der Waals surface area contributed by atoms with Gasteiger partial charge in [0, 0.05) is 23.5 Å². The van der Waals surface area contributed by atoms with E-state index < -0.39 is 6.04 Å². The molecular formula is C23H21N5O2. The highest BCUT2D eigenvalue weighted by Crippen LogP contribution is 2.22. The maximum Gasteiger partial charge on any atom is 0.268 e. The zero-order chi connectivity index (χ0) is 20.8. The first-order valence-corrected chi connectivity index (χ1v) is 9.52. The van der Waals surface area contributed by atoms with E-state index in [0.29, 0.717) is 17.2 Å². The molecule has 0 spiro atoms. The van der Waals surface area contributed by atoms with Gasteiger partial charge in [0.25, 0.3) is 5.91 Å². The third-order valence-electron chi connectivity index (χ3n) is 4.63. The SMILES string of the molecule is O=C(N[C@@H](CO)c1ccccc1)c1cc(-c2cc(Nc3ccccc3)ncn2)c[nH]1. The first-order valence-electron chi connectivity index (χ1n) is 9.52. The molecule has 2 aromatic carbocycles. The summed E-state index contributed by atoms with van der Waals surface area (Å²) >= 11 is 0. The van der Waals surface area contributed by atoms with Crippen LogP contribution in [-0.2, 0) is 0 Å². The Labute approximate surface area is 173 Å². The Morgan fingerprint density at radius 2 is 1.73 bits per heavy atom. The van der Waals surface area contributed by atoms with Gasteiger partial charge in [-0.1, -0.05) is 48.5 Å². The molecule has 0 unspecified atom stereocenters. The Morgan fingerprint density at radius 1 is 1.00 bits per heavy atom. The summed E-state index contributed by atoms with van der Waals surface area (Å²) in [6.07, 6.45) is 3.20. The van der Waals surface area contributed by atoms with Crippen LogP contribution in [0, 0.1) is 0 Å². The second-order valence-corrected chi connectivity index (χ2v) is 6.70. The Hall–Kier alpha value is -3.97. The molecule has 0 saturated heterocycles. The number of hydrogen-bond acceptors (Lipinski definition) is 5. The molecular weight excluding hydrogens is 378 g/mol. The van der Waals surface area contributed by atoms with Crippen molar-refractivity contribution in [2.75, 3.05) is 11.9 Å². The maximum atomic E-state index is 12.6. The molecule has 0 aliphatic rings. The van der Waals surface area contributed by atoms with Gasteiger partial charge in [-0.05, 0) is 23.8 Å². The lowest BCUT2D eigenvalue weighted by atomic mass is 10.1. The highest BCUT2D eigenvalue weighted by atomic mass is 16.3.